The summed E-state index contributed by atoms with van der Waals surface area (Å²) in [5, 5.41) is 3.05. The lowest BCUT2D eigenvalue weighted by Crippen LogP contribution is -2.47. The first-order chi connectivity index (χ1) is 37.4. The fourth-order valence-corrected chi connectivity index (χ4v) is 9.64. The van der Waals surface area contributed by atoms with E-state index in [0.717, 1.165) is 103 Å². The Morgan fingerprint density at radius 1 is 0.468 bits per heavy atom. The second-order valence-electron chi connectivity index (χ2n) is 22.5. The number of nitrogens with zero attached hydrogens (tertiary/aromatic N) is 1. The number of carbonyl (C=O) groups excluding carboxylic acids is 2. The van der Waals surface area contributed by atoms with Gasteiger partial charge in [-0.25, -0.2) is 4.57 Å². The molecule has 0 fully saturated rings. The summed E-state index contributed by atoms with van der Waals surface area (Å²) in [6.45, 7) is 6.88. The number of rotatable bonds is 57. The molecule has 0 aromatic rings. The van der Waals surface area contributed by atoms with Gasteiger partial charge in [0.15, 0.2) is 0 Å². The largest absolute Gasteiger partial charge is 0.472 e. The standard InChI is InChI=1S/C67H121N2O7P/c1-7-10-13-16-19-22-25-27-29-31-33-34-36-38-40-42-45-48-51-54-57-60-67(71)76-65(58-55-52-49-46-43-24-21-18-15-12-9-3)64(63-75-77(72,73)74-62-61-69(4,5)6)68-66(70)59-56-53-50-47-44-41-39-37-35-32-30-28-26-23-20-17-14-11-8-2/h10,13,19,22,27-30,33-34,38,40,55,58,64-65H,7-9,11-12,14-18,20-21,23-26,31-32,35-37,39,41-54,56-57,59-63H2,1-6H3,(H-,68,70,72,73)/p+1/b13-10-,22-19-,29-27-,30-28+,34-33-,40-38-,58-55+. The Morgan fingerprint density at radius 3 is 1.26 bits per heavy atom. The third kappa shape index (κ3) is 57.7. The lowest BCUT2D eigenvalue weighted by Gasteiger charge is -2.27. The number of ether oxygens (including phenoxy) is 1. The Hall–Kier alpha value is -2.81. The molecule has 9 nitrogen and oxygen atoms in total. The van der Waals surface area contributed by atoms with E-state index in [-0.39, 0.29) is 31.5 Å². The van der Waals surface area contributed by atoms with Crippen LogP contribution in [0.4, 0.5) is 0 Å². The summed E-state index contributed by atoms with van der Waals surface area (Å²) in [5.74, 6) is -0.529. The van der Waals surface area contributed by atoms with Crippen LogP contribution in [0.2, 0.25) is 0 Å². The van der Waals surface area contributed by atoms with Gasteiger partial charge in [-0.05, 0) is 102 Å². The third-order valence-corrected chi connectivity index (χ3v) is 14.8. The van der Waals surface area contributed by atoms with Crippen LogP contribution in [0.5, 0.6) is 0 Å². The molecule has 0 aliphatic rings. The number of amides is 1. The van der Waals surface area contributed by atoms with Crippen LogP contribution in [0.25, 0.3) is 0 Å². The fourth-order valence-electron chi connectivity index (χ4n) is 8.90. The molecule has 0 spiro atoms. The van der Waals surface area contributed by atoms with Gasteiger partial charge in [-0.15, -0.1) is 0 Å². The number of quaternary nitrogens is 1. The van der Waals surface area contributed by atoms with E-state index in [1.54, 1.807) is 0 Å². The maximum Gasteiger partial charge on any atom is 0.472 e. The topological polar surface area (TPSA) is 111 Å². The van der Waals surface area contributed by atoms with Gasteiger partial charge in [0.05, 0.1) is 33.8 Å². The molecule has 0 saturated carbocycles. The van der Waals surface area contributed by atoms with Crippen LogP contribution in [-0.4, -0.2) is 74.3 Å². The van der Waals surface area contributed by atoms with Crippen molar-refractivity contribution < 1.29 is 37.3 Å². The SMILES string of the molecule is CC/C=C\C/C=C\C/C=C\C/C=C\C/C=C\CCCCCCCC(=O)OC(/C=C/CCCCCCCCCCC)C(COP(=O)(O)OCC[N+](C)(C)C)NC(=O)CCCCCCCCCCC/C=C/CCCCCCCC. The number of likely N-dealkylation sites (N-methyl/N-ethyl adjacent to an activating group) is 1. The van der Waals surface area contributed by atoms with Crippen LogP contribution in [0.3, 0.4) is 0 Å². The predicted molar refractivity (Wildman–Crippen MR) is 332 cm³/mol. The molecule has 10 heteroatoms. The van der Waals surface area contributed by atoms with Gasteiger partial charge in [0.2, 0.25) is 5.91 Å². The normalized spacial score (nSPS) is 14.2. The molecule has 446 valence electrons. The van der Waals surface area contributed by atoms with Gasteiger partial charge >= 0.3 is 13.8 Å². The Kier molecular flexibility index (Phi) is 54.4. The van der Waals surface area contributed by atoms with E-state index < -0.39 is 20.0 Å². The highest BCUT2D eigenvalue weighted by Gasteiger charge is 2.30. The third-order valence-electron chi connectivity index (χ3n) is 13.8. The number of esters is 1. The lowest BCUT2D eigenvalue weighted by atomic mass is 10.0. The van der Waals surface area contributed by atoms with Crippen molar-refractivity contribution >= 4 is 19.7 Å². The molecule has 0 aromatic carbocycles. The average molecular weight is 1100 g/mol. The van der Waals surface area contributed by atoms with Gasteiger partial charge in [0.1, 0.15) is 19.3 Å². The molecule has 1 amide bonds. The second-order valence-corrected chi connectivity index (χ2v) is 24.0. The average Bonchev–Trinajstić information content (AvgIpc) is 3.39. The minimum Gasteiger partial charge on any atom is -0.456 e. The molecule has 0 aliphatic heterocycles. The van der Waals surface area contributed by atoms with Crippen LogP contribution in [-0.2, 0) is 27.9 Å². The zero-order chi connectivity index (χ0) is 56.4. The zero-order valence-corrected chi connectivity index (χ0v) is 51.8. The molecule has 0 rings (SSSR count). The van der Waals surface area contributed by atoms with Crippen molar-refractivity contribution in [3.63, 3.8) is 0 Å². The van der Waals surface area contributed by atoms with Crippen molar-refractivity contribution in [3.05, 3.63) is 85.1 Å². The maximum absolute atomic E-state index is 13.6. The van der Waals surface area contributed by atoms with Crippen LogP contribution < -0.4 is 5.32 Å². The van der Waals surface area contributed by atoms with E-state index in [0.29, 0.717) is 23.9 Å². The van der Waals surface area contributed by atoms with Crippen LogP contribution in [0.15, 0.2) is 85.1 Å². The first-order valence-corrected chi connectivity index (χ1v) is 33.4. The summed E-state index contributed by atoms with van der Waals surface area (Å²) in [6, 6.07) is -0.861. The van der Waals surface area contributed by atoms with Gasteiger partial charge in [-0.1, -0.05) is 247 Å². The molecule has 0 heterocycles. The van der Waals surface area contributed by atoms with Crippen LogP contribution in [0, 0.1) is 0 Å². The quantitative estimate of drug-likeness (QED) is 0.0205. The number of carbonyl (C=O) groups is 2. The van der Waals surface area contributed by atoms with Crippen molar-refractivity contribution in [1.29, 1.82) is 0 Å². The number of phosphoric ester groups is 1. The first kappa shape index (κ1) is 74.2. The molecule has 77 heavy (non-hydrogen) atoms. The van der Waals surface area contributed by atoms with Gasteiger partial charge in [-0.3, -0.25) is 18.6 Å². The van der Waals surface area contributed by atoms with Crippen molar-refractivity contribution in [2.24, 2.45) is 0 Å². The molecular weight excluding hydrogens is 976 g/mol. The van der Waals surface area contributed by atoms with Crippen molar-refractivity contribution in [2.45, 2.75) is 290 Å². The number of phosphoric acid groups is 1. The highest BCUT2D eigenvalue weighted by atomic mass is 31.2. The van der Waals surface area contributed by atoms with E-state index in [9.17, 15) is 19.0 Å². The Labute approximate surface area is 476 Å². The number of unbranched alkanes of at least 4 members (excludes halogenated alkanes) is 29. The van der Waals surface area contributed by atoms with E-state index in [1.165, 1.54) is 135 Å². The van der Waals surface area contributed by atoms with E-state index in [2.05, 4.69) is 99.0 Å². The fraction of sp³-hybridized carbons (Fsp3) is 0.761. The molecule has 0 aliphatic carbocycles. The summed E-state index contributed by atoms with van der Waals surface area (Å²) in [7, 11) is 1.48. The Balaban J connectivity index is 5.23. The number of hydrogen-bond donors (Lipinski definition) is 2. The summed E-state index contributed by atoms with van der Waals surface area (Å²) < 4.78 is 30.7. The summed E-state index contributed by atoms with van der Waals surface area (Å²) >= 11 is 0. The number of allylic oxidation sites excluding steroid dienone is 13. The second kappa shape index (κ2) is 56.5. The van der Waals surface area contributed by atoms with Crippen LogP contribution in [0.1, 0.15) is 278 Å². The summed E-state index contributed by atoms with van der Waals surface area (Å²) in [5.41, 5.74) is 0. The van der Waals surface area contributed by atoms with Crippen molar-refractivity contribution in [1.82, 2.24) is 5.32 Å². The highest BCUT2D eigenvalue weighted by Crippen LogP contribution is 2.43. The molecule has 3 unspecified atom stereocenters. The van der Waals surface area contributed by atoms with Gasteiger partial charge < -0.3 is 19.4 Å². The molecule has 0 radical (unpaired) electrons. The first-order valence-electron chi connectivity index (χ1n) is 31.9. The Morgan fingerprint density at radius 2 is 0.831 bits per heavy atom. The molecular formula is C67H122N2O7P+. The minimum absolute atomic E-state index is 0.0335. The number of nitrogens with one attached hydrogen (secondary N) is 1. The monoisotopic (exact) mass is 1100 g/mol. The predicted octanol–water partition coefficient (Wildman–Crippen LogP) is 19.8. The van der Waals surface area contributed by atoms with Gasteiger partial charge in [0.25, 0.3) is 0 Å². The molecule has 3 atom stereocenters. The van der Waals surface area contributed by atoms with Crippen LogP contribution >= 0.6 is 7.82 Å². The summed E-state index contributed by atoms with van der Waals surface area (Å²) in [4.78, 5) is 37.7. The number of hydrogen-bond acceptors (Lipinski definition) is 6. The maximum atomic E-state index is 13.6. The zero-order valence-electron chi connectivity index (χ0n) is 50.9. The Bertz CT molecular complexity index is 1590. The summed E-state index contributed by atoms with van der Waals surface area (Å²) in [6.07, 6.45) is 74.4. The smallest absolute Gasteiger partial charge is 0.456 e. The molecule has 2 N–H and O–H groups in total. The van der Waals surface area contributed by atoms with Crippen molar-refractivity contribution in [3.8, 4) is 0 Å². The van der Waals surface area contributed by atoms with E-state index in [4.69, 9.17) is 13.8 Å². The van der Waals surface area contributed by atoms with Crippen molar-refractivity contribution in [2.75, 3.05) is 40.9 Å². The molecule has 0 saturated heterocycles. The minimum atomic E-state index is -4.46. The van der Waals surface area contributed by atoms with Gasteiger partial charge in [0, 0.05) is 12.8 Å². The lowest BCUT2D eigenvalue weighted by molar-refractivity contribution is -0.870. The van der Waals surface area contributed by atoms with E-state index in [1.807, 2.05) is 33.3 Å². The van der Waals surface area contributed by atoms with Gasteiger partial charge in [-0.2, -0.15) is 0 Å². The molecule has 0 aromatic heterocycles. The highest BCUT2D eigenvalue weighted by molar-refractivity contribution is 7.47. The molecule has 0 bridgehead atoms. The van der Waals surface area contributed by atoms with E-state index >= 15 is 0 Å².